The predicted octanol–water partition coefficient (Wildman–Crippen LogP) is 4.65. The van der Waals surface area contributed by atoms with Crippen LogP contribution in [0, 0.1) is 0 Å². The lowest BCUT2D eigenvalue weighted by Crippen LogP contribution is -2.29. The minimum atomic E-state index is -0.219. The second kappa shape index (κ2) is 8.88. The fourth-order valence-corrected chi connectivity index (χ4v) is 3.23. The number of carbonyl (C=O) groups is 1. The van der Waals surface area contributed by atoms with E-state index >= 15 is 0 Å². The third-order valence-corrected chi connectivity index (χ3v) is 4.65. The van der Waals surface area contributed by atoms with Gasteiger partial charge in [0.2, 0.25) is 0 Å². The van der Waals surface area contributed by atoms with Crippen molar-refractivity contribution in [3.05, 3.63) is 64.7 Å². The number of likely N-dealkylation sites (tertiary alicyclic amines) is 1. The molecule has 0 saturated carbocycles. The van der Waals surface area contributed by atoms with E-state index in [-0.39, 0.29) is 6.03 Å². The molecule has 1 saturated heterocycles. The molecule has 0 atom stereocenters. The number of benzene rings is 2. The molecule has 0 radical (unpaired) electrons. The molecule has 25 heavy (non-hydrogen) atoms. The normalized spacial score (nSPS) is 14.9. The van der Waals surface area contributed by atoms with Gasteiger partial charge >= 0.3 is 6.03 Å². The first-order chi connectivity index (χ1) is 12.2. The summed E-state index contributed by atoms with van der Waals surface area (Å²) in [5.41, 5.74) is 3.14. The Morgan fingerprint density at radius 1 is 1.00 bits per heavy atom. The van der Waals surface area contributed by atoms with E-state index in [2.05, 4.69) is 33.7 Å². The summed E-state index contributed by atoms with van der Waals surface area (Å²) in [6.45, 7) is 3.87. The van der Waals surface area contributed by atoms with E-state index in [9.17, 15) is 4.79 Å². The van der Waals surface area contributed by atoms with Crippen LogP contribution in [-0.2, 0) is 13.1 Å². The fourth-order valence-electron chi connectivity index (χ4n) is 3.10. The highest BCUT2D eigenvalue weighted by Gasteiger charge is 2.10. The molecule has 0 aliphatic carbocycles. The zero-order valence-electron chi connectivity index (χ0n) is 14.3. The molecule has 2 aromatic rings. The van der Waals surface area contributed by atoms with Crippen molar-refractivity contribution in [2.75, 3.05) is 18.4 Å². The molecular weight excluding hydrogens is 334 g/mol. The summed E-state index contributed by atoms with van der Waals surface area (Å²) in [5.74, 6) is 0. The lowest BCUT2D eigenvalue weighted by Gasteiger charge is -2.26. The molecule has 0 aromatic heterocycles. The van der Waals surface area contributed by atoms with E-state index in [4.69, 9.17) is 11.6 Å². The number of amides is 2. The van der Waals surface area contributed by atoms with Gasteiger partial charge in [0.15, 0.2) is 0 Å². The third-order valence-electron chi connectivity index (χ3n) is 4.40. The Morgan fingerprint density at radius 3 is 2.48 bits per heavy atom. The summed E-state index contributed by atoms with van der Waals surface area (Å²) in [4.78, 5) is 14.5. The smallest absolute Gasteiger partial charge is 0.319 e. The van der Waals surface area contributed by atoms with Gasteiger partial charge in [-0.05, 0) is 61.3 Å². The van der Waals surface area contributed by atoms with Crippen molar-refractivity contribution in [1.82, 2.24) is 10.2 Å². The molecule has 0 spiro atoms. The van der Waals surface area contributed by atoms with Crippen LogP contribution in [0.2, 0.25) is 5.02 Å². The highest BCUT2D eigenvalue weighted by molar-refractivity contribution is 6.30. The van der Waals surface area contributed by atoms with Gasteiger partial charge in [0.25, 0.3) is 0 Å². The van der Waals surface area contributed by atoms with Gasteiger partial charge in [-0.2, -0.15) is 0 Å². The number of carbonyl (C=O) groups excluding carboxylic acids is 1. The molecule has 5 heteroatoms. The summed E-state index contributed by atoms with van der Waals surface area (Å²) in [5, 5.41) is 6.35. The van der Waals surface area contributed by atoms with E-state index in [1.54, 1.807) is 24.3 Å². The van der Waals surface area contributed by atoms with E-state index in [1.165, 1.54) is 37.9 Å². The number of hydrogen-bond donors (Lipinski definition) is 2. The second-order valence-corrected chi connectivity index (χ2v) is 6.91. The first-order valence-corrected chi connectivity index (χ1v) is 9.17. The Kier molecular flexibility index (Phi) is 6.31. The fraction of sp³-hybridized carbons (Fsp3) is 0.350. The average molecular weight is 358 g/mol. The lowest BCUT2D eigenvalue weighted by atomic mass is 10.1. The second-order valence-electron chi connectivity index (χ2n) is 6.47. The quantitative estimate of drug-likeness (QED) is 0.818. The van der Waals surface area contributed by atoms with Crippen molar-refractivity contribution in [3.63, 3.8) is 0 Å². The van der Waals surface area contributed by atoms with Gasteiger partial charge < -0.3 is 10.6 Å². The largest absolute Gasteiger partial charge is 0.334 e. The van der Waals surface area contributed by atoms with Crippen molar-refractivity contribution >= 4 is 23.3 Å². The Hall–Kier alpha value is -2.04. The maximum absolute atomic E-state index is 12.0. The van der Waals surface area contributed by atoms with Crippen LogP contribution in [0.3, 0.4) is 0 Å². The molecule has 2 N–H and O–H groups in total. The topological polar surface area (TPSA) is 44.4 Å². The Labute approximate surface area is 154 Å². The highest BCUT2D eigenvalue weighted by Crippen LogP contribution is 2.15. The number of nitrogens with zero attached hydrogens (tertiary/aromatic N) is 1. The monoisotopic (exact) mass is 357 g/mol. The van der Waals surface area contributed by atoms with Crippen molar-refractivity contribution in [1.29, 1.82) is 0 Å². The van der Waals surface area contributed by atoms with Crippen molar-refractivity contribution < 1.29 is 4.79 Å². The lowest BCUT2D eigenvalue weighted by molar-refractivity contribution is 0.221. The molecule has 2 amide bonds. The van der Waals surface area contributed by atoms with Crippen molar-refractivity contribution in [2.24, 2.45) is 0 Å². The van der Waals surface area contributed by atoms with E-state index in [1.807, 2.05) is 6.07 Å². The first-order valence-electron chi connectivity index (χ1n) is 8.80. The molecule has 3 rings (SSSR count). The van der Waals surface area contributed by atoms with Gasteiger partial charge in [-0.3, -0.25) is 4.90 Å². The molecular formula is C20H24ClN3O. The number of piperidine rings is 1. The van der Waals surface area contributed by atoms with E-state index < -0.39 is 0 Å². The van der Waals surface area contributed by atoms with Gasteiger partial charge in [-0.15, -0.1) is 0 Å². The standard InChI is InChI=1S/C20H24ClN3O/c21-18-7-9-19(10-8-18)23-20(25)22-14-16-5-4-6-17(13-16)15-24-11-2-1-3-12-24/h4-10,13H,1-3,11-12,14-15H2,(H2,22,23,25). The van der Waals surface area contributed by atoms with Gasteiger partial charge in [-0.25, -0.2) is 4.79 Å². The molecule has 2 aromatic carbocycles. The predicted molar refractivity (Wildman–Crippen MR) is 103 cm³/mol. The number of urea groups is 1. The highest BCUT2D eigenvalue weighted by atomic mass is 35.5. The molecule has 0 unspecified atom stereocenters. The molecule has 4 nitrogen and oxygen atoms in total. The SMILES string of the molecule is O=C(NCc1cccc(CN2CCCCC2)c1)Nc1ccc(Cl)cc1. The summed E-state index contributed by atoms with van der Waals surface area (Å²) >= 11 is 5.84. The minimum Gasteiger partial charge on any atom is -0.334 e. The molecule has 1 fully saturated rings. The third kappa shape index (κ3) is 5.76. The van der Waals surface area contributed by atoms with Crippen molar-refractivity contribution in [2.45, 2.75) is 32.4 Å². The average Bonchev–Trinajstić information content (AvgIpc) is 2.63. The zero-order valence-corrected chi connectivity index (χ0v) is 15.1. The Morgan fingerprint density at radius 2 is 1.72 bits per heavy atom. The zero-order chi connectivity index (χ0) is 17.5. The molecule has 132 valence electrons. The van der Waals surface area contributed by atoms with Crippen LogP contribution in [0.15, 0.2) is 48.5 Å². The van der Waals surface area contributed by atoms with Gasteiger partial charge in [0.1, 0.15) is 0 Å². The Bertz CT molecular complexity index is 696. The van der Waals surface area contributed by atoms with E-state index in [0.29, 0.717) is 11.6 Å². The van der Waals surface area contributed by atoms with Crippen LogP contribution < -0.4 is 10.6 Å². The van der Waals surface area contributed by atoms with Crippen LogP contribution in [0.4, 0.5) is 10.5 Å². The minimum absolute atomic E-state index is 0.219. The van der Waals surface area contributed by atoms with Crippen molar-refractivity contribution in [3.8, 4) is 0 Å². The first kappa shape index (κ1) is 17.8. The number of hydrogen-bond acceptors (Lipinski definition) is 2. The van der Waals surface area contributed by atoms with Crippen LogP contribution >= 0.6 is 11.6 Å². The molecule has 1 aliphatic heterocycles. The Balaban J connectivity index is 1.49. The van der Waals surface area contributed by atoms with Crippen LogP contribution in [0.25, 0.3) is 0 Å². The number of rotatable bonds is 5. The van der Waals surface area contributed by atoms with Crippen LogP contribution in [-0.4, -0.2) is 24.0 Å². The van der Waals surface area contributed by atoms with Gasteiger partial charge in [-0.1, -0.05) is 42.3 Å². The van der Waals surface area contributed by atoms with E-state index in [0.717, 1.165) is 17.8 Å². The summed E-state index contributed by atoms with van der Waals surface area (Å²) in [7, 11) is 0. The number of halogens is 1. The van der Waals surface area contributed by atoms with Crippen LogP contribution in [0.1, 0.15) is 30.4 Å². The molecule has 1 heterocycles. The number of anilines is 1. The summed E-state index contributed by atoms with van der Waals surface area (Å²) in [6.07, 6.45) is 3.95. The molecule has 0 bridgehead atoms. The number of nitrogens with one attached hydrogen (secondary N) is 2. The van der Waals surface area contributed by atoms with Gasteiger partial charge in [0.05, 0.1) is 0 Å². The maximum atomic E-state index is 12.0. The van der Waals surface area contributed by atoms with Crippen LogP contribution in [0.5, 0.6) is 0 Å². The molecule has 1 aliphatic rings. The van der Waals surface area contributed by atoms with Gasteiger partial charge in [0, 0.05) is 23.8 Å². The summed E-state index contributed by atoms with van der Waals surface area (Å²) in [6, 6.07) is 15.3. The maximum Gasteiger partial charge on any atom is 0.319 e. The summed E-state index contributed by atoms with van der Waals surface area (Å²) < 4.78 is 0.